The number of piperidine rings is 1. The van der Waals surface area contributed by atoms with Crippen molar-refractivity contribution >= 4 is 11.6 Å². The quantitative estimate of drug-likeness (QED) is 0.587. The second kappa shape index (κ2) is 5.08. The van der Waals surface area contributed by atoms with Crippen molar-refractivity contribution in [2.45, 2.75) is 19.8 Å². The number of hydrogen-bond donors (Lipinski definition) is 2. The molecule has 0 spiro atoms. The van der Waals surface area contributed by atoms with Gasteiger partial charge in [-0.2, -0.15) is 0 Å². The van der Waals surface area contributed by atoms with Crippen molar-refractivity contribution in [3.05, 3.63) is 29.3 Å². The van der Waals surface area contributed by atoms with Gasteiger partial charge in [-0.25, -0.2) is 0 Å². The molecule has 0 saturated carbocycles. The number of carbonyl (C=O) groups excluding carboxylic acids is 1. The van der Waals surface area contributed by atoms with Gasteiger partial charge < -0.3 is 15.2 Å². The number of benzene rings is 1. The minimum absolute atomic E-state index is 0.00669. The number of aromatic hydroxyl groups is 1. The lowest BCUT2D eigenvalue weighted by Crippen LogP contribution is -2.38. The molecule has 1 aliphatic heterocycles. The van der Waals surface area contributed by atoms with E-state index in [0.29, 0.717) is 37.2 Å². The number of amides is 1. The van der Waals surface area contributed by atoms with Crippen LogP contribution in [0.4, 0.5) is 0 Å². The smallest absolute Gasteiger partial charge is 0.257 e. The van der Waals surface area contributed by atoms with Gasteiger partial charge in [0.15, 0.2) is 0 Å². The van der Waals surface area contributed by atoms with Gasteiger partial charge in [0.05, 0.1) is 11.3 Å². The van der Waals surface area contributed by atoms with E-state index in [-0.39, 0.29) is 11.7 Å². The Kier molecular flexibility index (Phi) is 3.50. The summed E-state index contributed by atoms with van der Waals surface area (Å²) < 4.78 is 0. The third kappa shape index (κ3) is 2.45. The number of likely N-dealkylation sites (tertiary alicyclic amines) is 1. The molecule has 1 heterocycles. The van der Waals surface area contributed by atoms with Crippen LogP contribution in [-0.4, -0.2) is 39.9 Å². The highest BCUT2D eigenvalue weighted by molar-refractivity contribution is 5.98. The molecule has 18 heavy (non-hydrogen) atoms. The molecule has 2 N–H and O–H groups in total. The van der Waals surface area contributed by atoms with Crippen LogP contribution in [-0.2, 0) is 0 Å². The van der Waals surface area contributed by atoms with E-state index in [9.17, 15) is 9.90 Å². The average molecular weight is 248 g/mol. The fourth-order valence-corrected chi connectivity index (χ4v) is 2.06. The molecule has 0 bridgehead atoms. The van der Waals surface area contributed by atoms with Crippen molar-refractivity contribution in [1.82, 2.24) is 4.90 Å². The van der Waals surface area contributed by atoms with E-state index < -0.39 is 0 Å². The number of rotatable bonds is 1. The second-order valence-electron chi connectivity index (χ2n) is 4.48. The Morgan fingerprint density at radius 2 is 2.00 bits per heavy atom. The Labute approximate surface area is 105 Å². The molecule has 96 valence electrons. The Morgan fingerprint density at radius 1 is 1.33 bits per heavy atom. The minimum atomic E-state index is -0.173. The van der Waals surface area contributed by atoms with Crippen molar-refractivity contribution in [3.63, 3.8) is 0 Å². The first-order chi connectivity index (χ1) is 8.61. The third-order valence-corrected chi connectivity index (χ3v) is 3.15. The van der Waals surface area contributed by atoms with Gasteiger partial charge in [-0.1, -0.05) is 16.8 Å². The third-order valence-electron chi connectivity index (χ3n) is 3.15. The molecule has 5 heteroatoms. The molecule has 0 aliphatic carbocycles. The number of nitrogens with zero attached hydrogens (tertiary/aromatic N) is 2. The second-order valence-corrected chi connectivity index (χ2v) is 4.48. The first kappa shape index (κ1) is 12.4. The van der Waals surface area contributed by atoms with E-state index in [2.05, 4.69) is 5.16 Å². The predicted octanol–water partition coefficient (Wildman–Crippen LogP) is 1.77. The first-order valence-corrected chi connectivity index (χ1v) is 5.90. The molecular formula is C13H16N2O3. The zero-order chi connectivity index (χ0) is 13.1. The van der Waals surface area contributed by atoms with Crippen LogP contribution in [0.2, 0.25) is 0 Å². The van der Waals surface area contributed by atoms with E-state index in [1.807, 2.05) is 6.92 Å². The normalized spacial score (nSPS) is 15.6. The number of carbonyl (C=O) groups is 1. The maximum atomic E-state index is 12.2. The molecular weight excluding hydrogens is 232 g/mol. The molecule has 1 aromatic carbocycles. The standard InChI is InChI=1S/C13H16N2O3/c1-9-2-3-12(16)11(8-9)13(17)15-6-4-10(14-18)5-7-15/h2-3,8,16,18H,4-7H2,1H3. The van der Waals surface area contributed by atoms with Gasteiger partial charge in [0.2, 0.25) is 0 Å². The zero-order valence-electron chi connectivity index (χ0n) is 10.3. The Balaban J connectivity index is 2.15. The van der Waals surface area contributed by atoms with Crippen molar-refractivity contribution in [2.24, 2.45) is 5.16 Å². The lowest BCUT2D eigenvalue weighted by Gasteiger charge is -2.27. The van der Waals surface area contributed by atoms with Gasteiger partial charge in [-0.05, 0) is 19.1 Å². The highest BCUT2D eigenvalue weighted by Crippen LogP contribution is 2.21. The average Bonchev–Trinajstić information content (AvgIpc) is 2.41. The highest BCUT2D eigenvalue weighted by atomic mass is 16.4. The molecule has 0 radical (unpaired) electrons. The molecule has 2 rings (SSSR count). The van der Waals surface area contributed by atoms with Gasteiger partial charge in [0.1, 0.15) is 5.75 Å². The predicted molar refractivity (Wildman–Crippen MR) is 67.2 cm³/mol. The molecule has 0 aromatic heterocycles. The topological polar surface area (TPSA) is 73.1 Å². The summed E-state index contributed by atoms with van der Waals surface area (Å²) in [5.41, 5.74) is 1.98. The van der Waals surface area contributed by atoms with Crippen LogP contribution in [0.3, 0.4) is 0 Å². The maximum Gasteiger partial charge on any atom is 0.257 e. The van der Waals surface area contributed by atoms with Crippen LogP contribution in [0.15, 0.2) is 23.4 Å². The van der Waals surface area contributed by atoms with Crippen molar-refractivity contribution in [3.8, 4) is 5.75 Å². The fraction of sp³-hybridized carbons (Fsp3) is 0.385. The number of hydrogen-bond acceptors (Lipinski definition) is 4. The zero-order valence-corrected chi connectivity index (χ0v) is 10.3. The van der Waals surface area contributed by atoms with Crippen molar-refractivity contribution in [2.75, 3.05) is 13.1 Å². The van der Waals surface area contributed by atoms with Gasteiger partial charge in [0, 0.05) is 25.9 Å². The fourth-order valence-electron chi connectivity index (χ4n) is 2.06. The summed E-state index contributed by atoms with van der Waals surface area (Å²) in [6.07, 6.45) is 1.16. The van der Waals surface area contributed by atoms with E-state index in [0.717, 1.165) is 5.56 Å². The van der Waals surface area contributed by atoms with Gasteiger partial charge in [-0.3, -0.25) is 4.79 Å². The summed E-state index contributed by atoms with van der Waals surface area (Å²) in [6, 6.07) is 4.99. The van der Waals surface area contributed by atoms with Crippen LogP contribution < -0.4 is 0 Å². The number of phenols is 1. The molecule has 1 amide bonds. The summed E-state index contributed by atoms with van der Waals surface area (Å²) in [5, 5.41) is 21.6. The molecule has 1 saturated heterocycles. The molecule has 0 atom stereocenters. The van der Waals surface area contributed by atoms with Crippen LogP contribution in [0.25, 0.3) is 0 Å². The Morgan fingerprint density at radius 3 is 2.61 bits per heavy atom. The van der Waals surface area contributed by atoms with Gasteiger partial charge in [-0.15, -0.1) is 0 Å². The summed E-state index contributed by atoms with van der Waals surface area (Å²) in [7, 11) is 0. The van der Waals surface area contributed by atoms with E-state index in [1.54, 1.807) is 17.0 Å². The lowest BCUT2D eigenvalue weighted by atomic mass is 10.1. The summed E-state index contributed by atoms with van der Waals surface area (Å²) in [4.78, 5) is 13.9. The molecule has 1 aromatic rings. The Bertz CT molecular complexity index is 487. The summed E-state index contributed by atoms with van der Waals surface area (Å²) in [6.45, 7) is 2.92. The SMILES string of the molecule is Cc1ccc(O)c(C(=O)N2CCC(=NO)CC2)c1. The maximum absolute atomic E-state index is 12.2. The summed E-state index contributed by atoms with van der Waals surface area (Å²) in [5.74, 6) is -0.166. The minimum Gasteiger partial charge on any atom is -0.507 e. The largest absolute Gasteiger partial charge is 0.507 e. The van der Waals surface area contributed by atoms with Crippen molar-refractivity contribution in [1.29, 1.82) is 0 Å². The molecule has 0 unspecified atom stereocenters. The number of phenolic OH excluding ortho intramolecular Hbond substituents is 1. The van der Waals surface area contributed by atoms with E-state index >= 15 is 0 Å². The van der Waals surface area contributed by atoms with Crippen LogP contribution >= 0.6 is 0 Å². The van der Waals surface area contributed by atoms with Crippen LogP contribution in [0.5, 0.6) is 5.75 Å². The monoisotopic (exact) mass is 248 g/mol. The summed E-state index contributed by atoms with van der Waals surface area (Å²) >= 11 is 0. The molecule has 1 fully saturated rings. The van der Waals surface area contributed by atoms with Crippen LogP contribution in [0.1, 0.15) is 28.8 Å². The lowest BCUT2D eigenvalue weighted by molar-refractivity contribution is 0.0750. The number of oxime groups is 1. The van der Waals surface area contributed by atoms with Crippen LogP contribution in [0, 0.1) is 6.92 Å². The van der Waals surface area contributed by atoms with Gasteiger partial charge in [0.25, 0.3) is 5.91 Å². The number of aryl methyl sites for hydroxylation is 1. The Hall–Kier alpha value is -2.04. The first-order valence-electron chi connectivity index (χ1n) is 5.90. The van der Waals surface area contributed by atoms with E-state index in [1.165, 1.54) is 6.07 Å². The highest BCUT2D eigenvalue weighted by Gasteiger charge is 2.23. The molecule has 5 nitrogen and oxygen atoms in total. The van der Waals surface area contributed by atoms with E-state index in [4.69, 9.17) is 5.21 Å². The van der Waals surface area contributed by atoms with Gasteiger partial charge >= 0.3 is 0 Å². The van der Waals surface area contributed by atoms with Crippen molar-refractivity contribution < 1.29 is 15.1 Å². The molecule has 1 aliphatic rings.